The Labute approximate surface area is 160 Å². The van der Waals surface area contributed by atoms with Crippen LogP contribution in [0.3, 0.4) is 0 Å². The van der Waals surface area contributed by atoms with E-state index in [9.17, 15) is 9.59 Å². The first-order valence-corrected chi connectivity index (χ1v) is 9.92. The monoisotopic (exact) mass is 377 g/mol. The van der Waals surface area contributed by atoms with Gasteiger partial charge < -0.3 is 10.2 Å². The molecule has 26 heavy (non-hydrogen) atoms. The zero-order valence-electron chi connectivity index (χ0n) is 15.6. The van der Waals surface area contributed by atoms with Gasteiger partial charge in [0.2, 0.25) is 11.8 Å². The SMILES string of the molecule is CC1CCN(C(C)CNC(=O)C2CCN(c3ccc(Cl)cc3)C2=O)CC1. The molecule has 2 amide bonds. The Morgan fingerprint density at radius 3 is 2.50 bits per heavy atom. The Balaban J connectivity index is 1.50. The molecule has 5 nitrogen and oxygen atoms in total. The molecule has 2 atom stereocenters. The van der Waals surface area contributed by atoms with Crippen LogP contribution in [0.25, 0.3) is 0 Å². The van der Waals surface area contributed by atoms with Crippen LogP contribution >= 0.6 is 11.6 Å². The minimum atomic E-state index is -0.584. The number of nitrogens with zero attached hydrogens (tertiary/aromatic N) is 2. The van der Waals surface area contributed by atoms with E-state index < -0.39 is 5.92 Å². The lowest BCUT2D eigenvalue weighted by atomic mass is 9.98. The van der Waals surface area contributed by atoms with Gasteiger partial charge in [0.05, 0.1) is 0 Å². The second-order valence-corrected chi connectivity index (χ2v) is 8.06. The first kappa shape index (κ1) is 19.2. The molecule has 1 N–H and O–H groups in total. The second-order valence-electron chi connectivity index (χ2n) is 7.62. The van der Waals surface area contributed by atoms with Gasteiger partial charge in [-0.3, -0.25) is 14.5 Å². The highest BCUT2D eigenvalue weighted by Crippen LogP contribution is 2.26. The number of benzene rings is 1. The predicted octanol–water partition coefficient (Wildman–Crippen LogP) is 2.93. The van der Waals surface area contributed by atoms with Crippen LogP contribution in [0, 0.1) is 11.8 Å². The van der Waals surface area contributed by atoms with Crippen molar-refractivity contribution in [3.05, 3.63) is 29.3 Å². The molecule has 142 valence electrons. The van der Waals surface area contributed by atoms with Gasteiger partial charge in [0.1, 0.15) is 5.92 Å². The molecule has 0 bridgehead atoms. The fourth-order valence-electron chi connectivity index (χ4n) is 3.77. The summed E-state index contributed by atoms with van der Waals surface area (Å²) in [4.78, 5) is 29.3. The summed E-state index contributed by atoms with van der Waals surface area (Å²) < 4.78 is 0. The first-order valence-electron chi connectivity index (χ1n) is 9.54. The Morgan fingerprint density at radius 2 is 1.85 bits per heavy atom. The predicted molar refractivity (Wildman–Crippen MR) is 104 cm³/mol. The van der Waals surface area contributed by atoms with Crippen LogP contribution in [0.15, 0.2) is 24.3 Å². The van der Waals surface area contributed by atoms with Crippen LogP contribution in [-0.4, -0.2) is 48.9 Å². The minimum Gasteiger partial charge on any atom is -0.354 e. The highest BCUT2D eigenvalue weighted by Gasteiger charge is 2.37. The lowest BCUT2D eigenvalue weighted by Gasteiger charge is -2.35. The van der Waals surface area contributed by atoms with E-state index in [1.54, 1.807) is 17.0 Å². The average Bonchev–Trinajstić information content (AvgIpc) is 3.02. The van der Waals surface area contributed by atoms with Gasteiger partial charge in [-0.05, 0) is 69.5 Å². The normalized spacial score (nSPS) is 23.3. The third-order valence-electron chi connectivity index (χ3n) is 5.67. The molecule has 1 aromatic rings. The van der Waals surface area contributed by atoms with Crippen molar-refractivity contribution >= 4 is 29.1 Å². The molecule has 2 aliphatic heterocycles. The number of carbonyl (C=O) groups is 2. The summed E-state index contributed by atoms with van der Waals surface area (Å²) in [7, 11) is 0. The average molecular weight is 378 g/mol. The van der Waals surface area contributed by atoms with Crippen LogP contribution in [0.5, 0.6) is 0 Å². The number of likely N-dealkylation sites (tertiary alicyclic amines) is 1. The lowest BCUT2D eigenvalue weighted by Crippen LogP contribution is -2.47. The molecule has 3 rings (SSSR count). The number of piperidine rings is 1. The molecule has 0 saturated carbocycles. The van der Waals surface area contributed by atoms with E-state index in [1.165, 1.54) is 12.8 Å². The highest BCUT2D eigenvalue weighted by molar-refractivity contribution is 6.30. The molecular formula is C20H28ClN3O2. The van der Waals surface area contributed by atoms with E-state index in [0.717, 1.165) is 24.7 Å². The maximum atomic E-state index is 12.6. The fourth-order valence-corrected chi connectivity index (χ4v) is 3.90. The van der Waals surface area contributed by atoms with E-state index in [2.05, 4.69) is 24.1 Å². The van der Waals surface area contributed by atoms with E-state index in [4.69, 9.17) is 11.6 Å². The molecule has 6 heteroatoms. The molecule has 1 aromatic carbocycles. The second kappa shape index (κ2) is 8.40. The smallest absolute Gasteiger partial charge is 0.239 e. The molecule has 0 aliphatic carbocycles. The minimum absolute atomic E-state index is 0.121. The van der Waals surface area contributed by atoms with Gasteiger partial charge in [-0.15, -0.1) is 0 Å². The quantitative estimate of drug-likeness (QED) is 0.803. The van der Waals surface area contributed by atoms with Crippen LogP contribution < -0.4 is 10.2 Å². The first-order chi connectivity index (χ1) is 12.5. The van der Waals surface area contributed by atoms with Crippen LogP contribution in [0.1, 0.15) is 33.1 Å². The van der Waals surface area contributed by atoms with Gasteiger partial charge in [0.15, 0.2) is 0 Å². The topological polar surface area (TPSA) is 52.7 Å². The molecule has 2 saturated heterocycles. The summed E-state index contributed by atoms with van der Waals surface area (Å²) in [5, 5.41) is 3.63. The van der Waals surface area contributed by atoms with Crippen molar-refractivity contribution in [1.82, 2.24) is 10.2 Å². The molecule has 0 radical (unpaired) electrons. The summed E-state index contributed by atoms with van der Waals surface area (Å²) in [6.07, 6.45) is 2.99. The van der Waals surface area contributed by atoms with Gasteiger partial charge in [0, 0.05) is 29.8 Å². The molecule has 2 heterocycles. The maximum absolute atomic E-state index is 12.6. The van der Waals surface area contributed by atoms with Crippen LogP contribution in [0.4, 0.5) is 5.69 Å². The fraction of sp³-hybridized carbons (Fsp3) is 0.600. The Kier molecular flexibility index (Phi) is 6.20. The van der Waals surface area contributed by atoms with Gasteiger partial charge in [0.25, 0.3) is 0 Å². The van der Waals surface area contributed by atoms with E-state index in [0.29, 0.717) is 30.6 Å². The molecule has 0 aromatic heterocycles. The third-order valence-corrected chi connectivity index (χ3v) is 5.93. The van der Waals surface area contributed by atoms with E-state index >= 15 is 0 Å². The van der Waals surface area contributed by atoms with Gasteiger partial charge >= 0.3 is 0 Å². The standard InChI is InChI=1S/C20H28ClN3O2/c1-14-7-10-23(11-8-14)15(2)13-22-19(25)18-9-12-24(20(18)26)17-5-3-16(21)4-6-17/h3-6,14-15,18H,7-13H2,1-2H3,(H,22,25). The number of amides is 2. The number of hydrogen-bond acceptors (Lipinski definition) is 3. The molecule has 2 fully saturated rings. The number of halogens is 1. The third kappa shape index (κ3) is 4.38. The molecular weight excluding hydrogens is 350 g/mol. The van der Waals surface area contributed by atoms with Gasteiger partial charge in [-0.25, -0.2) is 0 Å². The maximum Gasteiger partial charge on any atom is 0.239 e. The Hall–Kier alpha value is -1.59. The summed E-state index contributed by atoms with van der Waals surface area (Å²) in [5.41, 5.74) is 0.797. The van der Waals surface area contributed by atoms with Crippen molar-refractivity contribution < 1.29 is 9.59 Å². The van der Waals surface area contributed by atoms with Crippen molar-refractivity contribution in [2.24, 2.45) is 11.8 Å². The summed E-state index contributed by atoms with van der Waals surface area (Å²) >= 11 is 5.91. The highest BCUT2D eigenvalue weighted by atomic mass is 35.5. The zero-order valence-corrected chi connectivity index (χ0v) is 16.3. The van der Waals surface area contributed by atoms with E-state index in [1.807, 2.05) is 12.1 Å². The van der Waals surface area contributed by atoms with Crippen molar-refractivity contribution in [2.75, 3.05) is 31.1 Å². The van der Waals surface area contributed by atoms with Crippen LogP contribution in [-0.2, 0) is 9.59 Å². The number of nitrogens with one attached hydrogen (secondary N) is 1. The molecule has 2 unspecified atom stereocenters. The Morgan fingerprint density at radius 1 is 1.19 bits per heavy atom. The van der Waals surface area contributed by atoms with Crippen molar-refractivity contribution in [3.63, 3.8) is 0 Å². The lowest BCUT2D eigenvalue weighted by molar-refractivity contribution is -0.132. The van der Waals surface area contributed by atoms with Gasteiger partial charge in [-0.2, -0.15) is 0 Å². The number of rotatable bonds is 5. The largest absolute Gasteiger partial charge is 0.354 e. The number of anilines is 1. The number of carbonyl (C=O) groups excluding carboxylic acids is 2. The summed E-state index contributed by atoms with van der Waals surface area (Å²) in [5.74, 6) is -0.0600. The van der Waals surface area contributed by atoms with E-state index in [-0.39, 0.29) is 11.8 Å². The van der Waals surface area contributed by atoms with Crippen molar-refractivity contribution in [1.29, 1.82) is 0 Å². The molecule has 0 spiro atoms. The number of hydrogen-bond donors (Lipinski definition) is 1. The van der Waals surface area contributed by atoms with Crippen LogP contribution in [0.2, 0.25) is 5.02 Å². The Bertz CT molecular complexity index is 641. The zero-order chi connectivity index (χ0) is 18.7. The van der Waals surface area contributed by atoms with Crippen molar-refractivity contribution in [3.8, 4) is 0 Å². The molecule has 2 aliphatic rings. The summed E-state index contributed by atoms with van der Waals surface area (Å²) in [6.45, 7) is 7.78. The summed E-state index contributed by atoms with van der Waals surface area (Å²) in [6, 6.07) is 7.47. The van der Waals surface area contributed by atoms with Gasteiger partial charge in [-0.1, -0.05) is 18.5 Å². The van der Waals surface area contributed by atoms with Crippen molar-refractivity contribution in [2.45, 2.75) is 39.2 Å².